The number of methoxy groups -OCH3 is 1. The molecule has 2 aromatic heterocycles. The molecule has 1 N–H and O–H groups in total. The molecule has 12 heteroatoms. The number of aromatic nitrogens is 2. The van der Waals surface area contributed by atoms with Crippen molar-refractivity contribution in [3.63, 3.8) is 0 Å². The Morgan fingerprint density at radius 2 is 2.02 bits per heavy atom. The van der Waals surface area contributed by atoms with Crippen molar-refractivity contribution < 1.29 is 28.2 Å². The Balaban J connectivity index is 1.82. The average molecular weight is 829 g/mol. The molecule has 0 fully saturated rings. The summed E-state index contributed by atoms with van der Waals surface area (Å²) in [6.45, 7) is 5.57. The van der Waals surface area contributed by atoms with Gasteiger partial charge in [-0.05, 0) is 36.6 Å². The van der Waals surface area contributed by atoms with Crippen LogP contribution in [0.5, 0.6) is 0 Å². The van der Waals surface area contributed by atoms with Crippen molar-refractivity contribution in [2.75, 3.05) is 27.5 Å². The number of fused-ring (bicyclic) bond motifs is 4. The molecule has 0 saturated heterocycles. The third kappa shape index (κ3) is 7.41. The quantitative estimate of drug-likeness (QED) is 0.0767. The van der Waals surface area contributed by atoms with Gasteiger partial charge in [0, 0.05) is 35.6 Å². The van der Waals surface area contributed by atoms with Gasteiger partial charge in [0.25, 0.3) is 5.56 Å². The molecule has 0 spiro atoms. The molecule has 2 atom stereocenters. The van der Waals surface area contributed by atoms with E-state index in [0.717, 1.165) is 60.0 Å². The molecule has 245 valence electrons. The van der Waals surface area contributed by atoms with Crippen LogP contribution in [0.25, 0.3) is 22.3 Å². The summed E-state index contributed by atoms with van der Waals surface area (Å²) in [5.41, 5.74) is 4.27. The van der Waals surface area contributed by atoms with Crippen molar-refractivity contribution >= 4 is 54.8 Å². The second-order valence-corrected chi connectivity index (χ2v) is 13.6. The molecular formula is C34H42FN4O6Pb. The summed E-state index contributed by atoms with van der Waals surface area (Å²) in [5, 5.41) is 3.40. The van der Waals surface area contributed by atoms with Crippen LogP contribution in [-0.4, -0.2) is 85.8 Å². The Morgan fingerprint density at radius 3 is 2.67 bits per heavy atom. The Hall–Kier alpha value is -3.04. The van der Waals surface area contributed by atoms with Crippen LogP contribution in [0, 0.1) is 12.7 Å². The molecule has 10 nitrogen and oxygen atoms in total. The number of aldehydes is 1. The maximum absolute atomic E-state index is 15.0. The number of nitrogens with zero attached hydrogens (tertiary/aromatic N) is 3. The fraction of sp³-hybridized carbons (Fsp3) is 0.500. The normalized spacial score (nSPS) is 13.3. The fourth-order valence-corrected chi connectivity index (χ4v) is 6.81. The molecule has 2 amide bonds. The van der Waals surface area contributed by atoms with E-state index < -0.39 is 17.8 Å². The Kier molecular flexibility index (Phi) is 12.6. The predicted octanol–water partition coefficient (Wildman–Crippen LogP) is 4.47. The number of halogens is 1. The van der Waals surface area contributed by atoms with Crippen molar-refractivity contribution in [3.8, 4) is 11.4 Å². The molecule has 3 heterocycles. The first-order valence-corrected chi connectivity index (χ1v) is 18.4. The zero-order valence-electron chi connectivity index (χ0n) is 27.2. The maximum atomic E-state index is 15.0. The molecule has 2 unspecified atom stereocenters. The van der Waals surface area contributed by atoms with Crippen molar-refractivity contribution in [3.05, 3.63) is 62.2 Å². The van der Waals surface area contributed by atoms with Crippen LogP contribution in [0.4, 0.5) is 4.39 Å². The molecule has 0 bridgehead atoms. The molecule has 1 aliphatic rings. The number of likely N-dealkylation sites (N-methyl/N-ethyl adjacent to an activating group) is 1. The van der Waals surface area contributed by atoms with Gasteiger partial charge in [0.1, 0.15) is 12.1 Å². The molecule has 0 aliphatic carbocycles. The second kappa shape index (κ2) is 16.2. The molecular weight excluding hydrogens is 787 g/mol. The van der Waals surface area contributed by atoms with Gasteiger partial charge in [-0.1, -0.05) is 20.3 Å². The number of amides is 2. The first kappa shape index (κ1) is 35.8. The number of carbonyl (C=O) groups is 3. The van der Waals surface area contributed by atoms with Crippen molar-refractivity contribution in [2.24, 2.45) is 0 Å². The number of carbonyl (C=O) groups excluding carboxylic acids is 3. The minimum atomic E-state index is -0.498. The van der Waals surface area contributed by atoms with E-state index >= 15 is 0 Å². The molecule has 1 aliphatic heterocycles. The molecule has 1 aromatic carbocycles. The zero-order chi connectivity index (χ0) is 33.5. The van der Waals surface area contributed by atoms with Crippen LogP contribution in [0.2, 0.25) is 3.98 Å². The summed E-state index contributed by atoms with van der Waals surface area (Å²) >= 11 is 1.05. The summed E-state index contributed by atoms with van der Waals surface area (Å²) < 4.78 is 28.6. The Labute approximate surface area is 284 Å². The molecule has 3 aromatic rings. The van der Waals surface area contributed by atoms with Gasteiger partial charge in [-0.25, -0.2) is 9.37 Å². The van der Waals surface area contributed by atoms with Gasteiger partial charge < -0.3 is 14.1 Å². The number of rotatable bonds is 16. The topological polar surface area (TPSA) is 120 Å². The second-order valence-electron chi connectivity index (χ2n) is 11.7. The summed E-state index contributed by atoms with van der Waals surface area (Å²) in [7, 11) is 3.22. The van der Waals surface area contributed by atoms with Crippen molar-refractivity contribution in [1.82, 2.24) is 19.8 Å². The van der Waals surface area contributed by atoms with Crippen LogP contribution in [0.1, 0.15) is 85.7 Å². The summed E-state index contributed by atoms with van der Waals surface area (Å²) in [6, 6.07) is 4.56. The summed E-state index contributed by atoms with van der Waals surface area (Å²) in [4.78, 5) is 58.0. The van der Waals surface area contributed by atoms with Gasteiger partial charge in [-0.2, -0.15) is 0 Å². The van der Waals surface area contributed by atoms with Gasteiger partial charge in [0.05, 0.1) is 30.1 Å². The van der Waals surface area contributed by atoms with Crippen LogP contribution in [0.15, 0.2) is 23.0 Å². The number of nitrogens with one attached hydrogen (secondary N) is 1. The van der Waals surface area contributed by atoms with E-state index in [4.69, 9.17) is 14.5 Å². The van der Waals surface area contributed by atoms with E-state index in [0.29, 0.717) is 58.2 Å². The average Bonchev–Trinajstić information content (AvgIpc) is 3.40. The molecule has 3 radical (unpaired) electrons. The first-order valence-electron chi connectivity index (χ1n) is 15.7. The van der Waals surface area contributed by atoms with Crippen LogP contribution in [0.3, 0.4) is 0 Å². The SMILES string of the molecule is CCCC(c1c2c(nc3cc(F)c(C)cc13)-c1cc(C(C=O)CC)c(COC)c(=O)n1C2)N(C)C(=O)COCNC(=O)CC[CH2][Pb]. The van der Waals surface area contributed by atoms with E-state index in [-0.39, 0.29) is 43.9 Å². The van der Waals surface area contributed by atoms with E-state index in [9.17, 15) is 23.6 Å². The van der Waals surface area contributed by atoms with Gasteiger partial charge in [0.2, 0.25) is 0 Å². The number of hydrogen-bond donors (Lipinski definition) is 1. The Morgan fingerprint density at radius 1 is 1.26 bits per heavy atom. The molecule has 4 rings (SSSR count). The number of aryl methyl sites for hydroxylation is 1. The van der Waals surface area contributed by atoms with Crippen molar-refractivity contribution in [1.29, 1.82) is 0 Å². The van der Waals surface area contributed by atoms with Gasteiger partial charge in [0.15, 0.2) is 0 Å². The van der Waals surface area contributed by atoms with Crippen LogP contribution in [-0.2, 0) is 37.0 Å². The first-order chi connectivity index (χ1) is 22.1. The third-order valence-electron chi connectivity index (χ3n) is 8.63. The molecule has 0 saturated carbocycles. The number of hydrogen-bond acceptors (Lipinski definition) is 7. The van der Waals surface area contributed by atoms with Gasteiger partial charge in [-0.3, -0.25) is 4.79 Å². The van der Waals surface area contributed by atoms with E-state index in [2.05, 4.69) is 5.32 Å². The number of benzene rings is 1. The number of pyridine rings is 2. The fourth-order valence-electron chi connectivity index (χ4n) is 6.13. The third-order valence-corrected chi connectivity index (χ3v) is 10.0. The van der Waals surface area contributed by atoms with E-state index in [1.54, 1.807) is 29.5 Å². The van der Waals surface area contributed by atoms with Gasteiger partial charge in [-0.15, -0.1) is 0 Å². The summed E-state index contributed by atoms with van der Waals surface area (Å²) in [6.07, 6.45) is 3.96. The minimum absolute atomic E-state index is 0.0537. The van der Waals surface area contributed by atoms with E-state index in [1.807, 2.05) is 19.9 Å². The summed E-state index contributed by atoms with van der Waals surface area (Å²) in [5.74, 6) is -1.29. The van der Waals surface area contributed by atoms with E-state index in [1.165, 1.54) is 13.2 Å². The van der Waals surface area contributed by atoms with Crippen LogP contribution >= 0.6 is 0 Å². The van der Waals surface area contributed by atoms with Crippen LogP contribution < -0.4 is 10.9 Å². The number of ether oxygens (including phenoxy) is 2. The monoisotopic (exact) mass is 829 g/mol. The molecule has 46 heavy (non-hydrogen) atoms. The van der Waals surface area contributed by atoms with Gasteiger partial charge >= 0.3 is 117 Å². The zero-order valence-corrected chi connectivity index (χ0v) is 31.1. The van der Waals surface area contributed by atoms with Crippen molar-refractivity contribution in [2.45, 2.75) is 82.0 Å². The Bertz CT molecular complexity index is 1680. The predicted molar refractivity (Wildman–Crippen MR) is 174 cm³/mol. The standard InChI is InChI=1S/C34H42FN4O6.Pb/c1-7-10-28(38(5)31(42)18-45-19-36-30(41)11-8-2)32-23-12-20(4)26(35)14-27(23)37-33-24(32)15-39-29(33)13-22(21(9-3)16-40)25(17-44-6)34(39)43;/h12-14,16,21,28H,2,7-11,15,17-19H2,1,3-6H3,(H,36,41);.